The molecule has 0 unspecified atom stereocenters. The first-order valence-corrected chi connectivity index (χ1v) is 12.7. The number of nitrogens with zero attached hydrogens (tertiary/aromatic N) is 3. The summed E-state index contributed by atoms with van der Waals surface area (Å²) in [5.41, 5.74) is 10.3. The van der Waals surface area contributed by atoms with E-state index in [-0.39, 0.29) is 17.9 Å². The molecule has 8 heteroatoms. The van der Waals surface area contributed by atoms with Gasteiger partial charge in [-0.3, -0.25) is 4.79 Å². The molecule has 0 aliphatic heterocycles. The second kappa shape index (κ2) is 11.1. The number of aromatic nitrogens is 2. The number of carboxylic acid groups (broad SMARTS) is 1. The molecule has 8 nitrogen and oxygen atoms in total. The average Bonchev–Trinajstić information content (AvgIpc) is 2.88. The fourth-order valence-corrected chi connectivity index (χ4v) is 4.91. The second-order valence-electron chi connectivity index (χ2n) is 10.5. The third-order valence-corrected chi connectivity index (χ3v) is 7.19. The molecule has 2 aromatic carbocycles. The maximum Gasteiger partial charge on any atom is 0.407 e. The highest BCUT2D eigenvalue weighted by atomic mass is 16.4. The highest BCUT2D eigenvalue weighted by molar-refractivity contribution is 5.91. The van der Waals surface area contributed by atoms with E-state index >= 15 is 0 Å². The Balaban J connectivity index is 1.49. The Morgan fingerprint density at radius 3 is 2.24 bits per heavy atom. The first kappa shape index (κ1) is 26.3. The van der Waals surface area contributed by atoms with Crippen molar-refractivity contribution in [3.05, 3.63) is 66.2 Å². The van der Waals surface area contributed by atoms with Gasteiger partial charge in [0.25, 0.3) is 0 Å². The number of amides is 2. The van der Waals surface area contributed by atoms with E-state index in [0.29, 0.717) is 12.2 Å². The van der Waals surface area contributed by atoms with Crippen LogP contribution in [0.5, 0.6) is 0 Å². The number of anilines is 1. The molecule has 3 aromatic rings. The molecule has 1 heterocycles. The Labute approximate surface area is 217 Å². The largest absolute Gasteiger partial charge is 0.465 e. The van der Waals surface area contributed by atoms with Crippen LogP contribution in [0.1, 0.15) is 51.5 Å². The van der Waals surface area contributed by atoms with Crippen molar-refractivity contribution in [3.8, 4) is 22.4 Å². The minimum atomic E-state index is -0.906. The zero-order valence-electron chi connectivity index (χ0n) is 21.6. The predicted molar refractivity (Wildman–Crippen MR) is 145 cm³/mol. The summed E-state index contributed by atoms with van der Waals surface area (Å²) in [6.45, 7) is 3.93. The molecule has 1 aliphatic carbocycles. The van der Waals surface area contributed by atoms with Crippen LogP contribution in [0.4, 0.5) is 10.6 Å². The molecule has 0 spiro atoms. The zero-order chi connectivity index (χ0) is 26.6. The second-order valence-corrected chi connectivity index (χ2v) is 10.5. The molecule has 37 heavy (non-hydrogen) atoms. The van der Waals surface area contributed by atoms with Gasteiger partial charge < -0.3 is 21.1 Å². The van der Waals surface area contributed by atoms with Crippen LogP contribution in [0, 0.1) is 5.92 Å². The lowest BCUT2D eigenvalue weighted by molar-refractivity contribution is -0.117. The topological polar surface area (TPSA) is 121 Å². The van der Waals surface area contributed by atoms with E-state index in [2.05, 4.69) is 15.5 Å². The molecule has 0 bridgehead atoms. The molecule has 4 rings (SSSR count). The van der Waals surface area contributed by atoms with E-state index in [0.717, 1.165) is 53.6 Å². The molecule has 4 N–H and O–H groups in total. The van der Waals surface area contributed by atoms with Crippen LogP contribution < -0.4 is 11.1 Å². The number of nitrogens with two attached hydrogens (primary N) is 1. The molecular weight excluding hydrogens is 466 g/mol. The van der Waals surface area contributed by atoms with Gasteiger partial charge in [-0.25, -0.2) is 4.79 Å². The standard InChI is InChI=1S/C29H35N5O3/c1-29(2,30)22-13-11-21(12-14-22)27-24(20-7-5-4-6-8-20)18-25(32-33-27)31-26(35)17-19-9-15-23(16-10-19)34(3)28(36)37/h4-8,11-14,18-19,23H,9-10,15-17,30H2,1-3H3,(H,36,37)(H,31,32,35)/t19-,23-. The van der Waals surface area contributed by atoms with E-state index < -0.39 is 11.6 Å². The van der Waals surface area contributed by atoms with Gasteiger partial charge in [-0.05, 0) is 62.6 Å². The molecule has 1 fully saturated rings. The molecular formula is C29H35N5O3. The predicted octanol–water partition coefficient (Wildman–Crippen LogP) is 5.50. The number of carbonyl (C=O) groups excluding carboxylic acids is 1. The molecule has 0 saturated heterocycles. The van der Waals surface area contributed by atoms with Gasteiger partial charge in [0, 0.05) is 36.2 Å². The summed E-state index contributed by atoms with van der Waals surface area (Å²) in [5, 5.41) is 20.9. The summed E-state index contributed by atoms with van der Waals surface area (Å²) in [6.07, 6.45) is 2.66. The average molecular weight is 502 g/mol. The van der Waals surface area contributed by atoms with E-state index in [1.54, 1.807) is 7.05 Å². The van der Waals surface area contributed by atoms with E-state index in [1.807, 2.05) is 74.5 Å². The van der Waals surface area contributed by atoms with Gasteiger partial charge in [-0.15, -0.1) is 10.2 Å². The van der Waals surface area contributed by atoms with E-state index in [1.165, 1.54) is 4.90 Å². The molecule has 194 valence electrons. The van der Waals surface area contributed by atoms with Crippen molar-refractivity contribution in [1.82, 2.24) is 15.1 Å². The Morgan fingerprint density at radius 2 is 1.65 bits per heavy atom. The Kier molecular flexibility index (Phi) is 7.88. The van der Waals surface area contributed by atoms with Crippen LogP contribution in [-0.2, 0) is 10.3 Å². The van der Waals surface area contributed by atoms with Crippen LogP contribution in [0.3, 0.4) is 0 Å². The maximum atomic E-state index is 12.8. The number of nitrogens with one attached hydrogen (secondary N) is 1. The van der Waals surface area contributed by atoms with Gasteiger partial charge in [-0.1, -0.05) is 54.6 Å². The minimum Gasteiger partial charge on any atom is -0.465 e. The van der Waals surface area contributed by atoms with Gasteiger partial charge in [-0.2, -0.15) is 0 Å². The summed E-state index contributed by atoms with van der Waals surface area (Å²) >= 11 is 0. The van der Waals surface area contributed by atoms with Crippen molar-refractivity contribution in [2.75, 3.05) is 12.4 Å². The Hall–Kier alpha value is -3.78. The van der Waals surface area contributed by atoms with Crippen molar-refractivity contribution in [1.29, 1.82) is 0 Å². The van der Waals surface area contributed by atoms with E-state index in [9.17, 15) is 14.7 Å². The molecule has 0 atom stereocenters. The monoisotopic (exact) mass is 501 g/mol. The molecule has 1 saturated carbocycles. The maximum absolute atomic E-state index is 12.8. The number of rotatable bonds is 7. The molecule has 1 aromatic heterocycles. The van der Waals surface area contributed by atoms with Crippen LogP contribution in [0.2, 0.25) is 0 Å². The number of benzene rings is 2. The van der Waals surface area contributed by atoms with Crippen LogP contribution in [-0.4, -0.2) is 45.3 Å². The van der Waals surface area contributed by atoms with Crippen molar-refractivity contribution in [2.45, 2.75) is 57.5 Å². The van der Waals surface area contributed by atoms with Gasteiger partial charge in [0.1, 0.15) is 5.69 Å². The summed E-state index contributed by atoms with van der Waals surface area (Å²) in [5.74, 6) is 0.529. The molecule has 2 amide bonds. The highest BCUT2D eigenvalue weighted by Crippen LogP contribution is 2.33. The van der Waals surface area contributed by atoms with Gasteiger partial charge in [0.05, 0.1) is 0 Å². The third-order valence-electron chi connectivity index (χ3n) is 7.19. The Morgan fingerprint density at radius 1 is 1.00 bits per heavy atom. The third kappa shape index (κ3) is 6.51. The number of hydrogen-bond acceptors (Lipinski definition) is 5. The summed E-state index contributed by atoms with van der Waals surface area (Å²) in [7, 11) is 1.61. The summed E-state index contributed by atoms with van der Waals surface area (Å²) in [6, 6.07) is 19.8. The lowest BCUT2D eigenvalue weighted by Gasteiger charge is -2.32. The minimum absolute atomic E-state index is 0.0219. The van der Waals surface area contributed by atoms with Crippen molar-refractivity contribution < 1.29 is 14.7 Å². The lowest BCUT2D eigenvalue weighted by atomic mass is 9.83. The number of carbonyl (C=O) groups is 2. The zero-order valence-corrected chi connectivity index (χ0v) is 21.6. The van der Waals surface area contributed by atoms with Crippen molar-refractivity contribution in [2.24, 2.45) is 11.7 Å². The van der Waals surface area contributed by atoms with Crippen LogP contribution in [0.25, 0.3) is 22.4 Å². The first-order chi connectivity index (χ1) is 17.6. The fraction of sp³-hybridized carbons (Fsp3) is 0.379. The quantitative estimate of drug-likeness (QED) is 0.393. The van der Waals surface area contributed by atoms with Crippen molar-refractivity contribution in [3.63, 3.8) is 0 Å². The number of hydrogen-bond donors (Lipinski definition) is 3. The summed E-state index contributed by atoms with van der Waals surface area (Å²) < 4.78 is 0. The van der Waals surface area contributed by atoms with Gasteiger partial charge in [0.15, 0.2) is 5.82 Å². The smallest absolute Gasteiger partial charge is 0.407 e. The normalized spacial score (nSPS) is 17.7. The first-order valence-electron chi connectivity index (χ1n) is 12.7. The fourth-order valence-electron chi connectivity index (χ4n) is 4.91. The van der Waals surface area contributed by atoms with Crippen LogP contribution >= 0.6 is 0 Å². The summed E-state index contributed by atoms with van der Waals surface area (Å²) in [4.78, 5) is 25.4. The van der Waals surface area contributed by atoms with Crippen molar-refractivity contribution >= 4 is 17.8 Å². The molecule has 0 radical (unpaired) electrons. The van der Waals surface area contributed by atoms with Crippen LogP contribution in [0.15, 0.2) is 60.7 Å². The van der Waals surface area contributed by atoms with Gasteiger partial charge in [0.2, 0.25) is 5.91 Å². The van der Waals surface area contributed by atoms with E-state index in [4.69, 9.17) is 5.73 Å². The lowest BCUT2D eigenvalue weighted by Crippen LogP contribution is -2.38. The SMILES string of the molecule is CN(C(=O)O)[C@H]1CC[C@H](CC(=O)Nc2cc(-c3ccccc3)c(-c3ccc(C(C)(C)N)cc3)nn2)CC1. The highest BCUT2D eigenvalue weighted by Gasteiger charge is 2.27. The van der Waals surface area contributed by atoms with Gasteiger partial charge >= 0.3 is 6.09 Å². The Bertz CT molecular complexity index is 1230. The molecule has 1 aliphatic rings.